The lowest BCUT2D eigenvalue weighted by Gasteiger charge is -2.51. The molecule has 2 aromatic rings. The minimum atomic E-state index is -0.677. The summed E-state index contributed by atoms with van der Waals surface area (Å²) in [5.74, 6) is -0.124. The Morgan fingerprint density at radius 3 is 2.63 bits per heavy atom. The molecule has 156 valence electrons. The maximum Gasteiger partial charge on any atom is 0.341 e. The number of rotatable bonds is 5. The van der Waals surface area contributed by atoms with Crippen molar-refractivity contribution in [2.24, 2.45) is 5.41 Å². The fraction of sp³-hybridized carbons (Fsp3) is 0.364. The van der Waals surface area contributed by atoms with E-state index in [4.69, 9.17) is 4.74 Å². The van der Waals surface area contributed by atoms with Crippen LogP contribution in [0.2, 0.25) is 0 Å². The van der Waals surface area contributed by atoms with E-state index >= 15 is 0 Å². The standard InChI is InChI=1S/C22H24N4O4/c1-30-20(28)17-8-5-9-24-19(17)26-14-22(15-26,12-16-6-3-2-4-7-16)21(29)25-11-10-23-18(27)13-25/h2-9H,10-15H2,1H3,(H,23,27). The number of aromatic nitrogens is 1. The molecule has 0 radical (unpaired) electrons. The Hall–Kier alpha value is -3.42. The number of carbonyl (C=O) groups excluding carboxylic acids is 3. The second-order valence-corrected chi connectivity index (χ2v) is 7.74. The van der Waals surface area contributed by atoms with E-state index in [0.29, 0.717) is 44.0 Å². The Kier molecular flexibility index (Phi) is 5.39. The third-order valence-corrected chi connectivity index (χ3v) is 5.64. The Bertz CT molecular complexity index is 957. The van der Waals surface area contributed by atoms with Crippen molar-refractivity contribution in [1.82, 2.24) is 15.2 Å². The van der Waals surface area contributed by atoms with Crippen LogP contribution in [-0.2, 0) is 20.7 Å². The van der Waals surface area contributed by atoms with Gasteiger partial charge in [0.25, 0.3) is 0 Å². The molecule has 0 bridgehead atoms. The van der Waals surface area contributed by atoms with Crippen molar-refractivity contribution in [2.75, 3.05) is 44.7 Å². The van der Waals surface area contributed by atoms with Crippen molar-refractivity contribution in [3.63, 3.8) is 0 Å². The quantitative estimate of drug-likeness (QED) is 0.739. The normalized spacial score (nSPS) is 17.7. The van der Waals surface area contributed by atoms with E-state index in [-0.39, 0.29) is 18.4 Å². The Balaban J connectivity index is 1.60. The maximum absolute atomic E-state index is 13.5. The molecule has 4 rings (SSSR count). The lowest BCUT2D eigenvalue weighted by Crippen LogP contribution is -2.67. The summed E-state index contributed by atoms with van der Waals surface area (Å²) in [6, 6.07) is 13.2. The zero-order valence-corrected chi connectivity index (χ0v) is 16.8. The molecule has 2 aliphatic rings. The monoisotopic (exact) mass is 408 g/mol. The summed E-state index contributed by atoms with van der Waals surface area (Å²) in [6.07, 6.45) is 2.18. The van der Waals surface area contributed by atoms with Crippen LogP contribution in [0.25, 0.3) is 0 Å². The Morgan fingerprint density at radius 2 is 1.93 bits per heavy atom. The van der Waals surface area contributed by atoms with Crippen LogP contribution < -0.4 is 10.2 Å². The largest absolute Gasteiger partial charge is 0.465 e. The van der Waals surface area contributed by atoms with Crippen LogP contribution in [0.4, 0.5) is 5.82 Å². The predicted molar refractivity (Wildman–Crippen MR) is 110 cm³/mol. The van der Waals surface area contributed by atoms with E-state index in [9.17, 15) is 14.4 Å². The van der Waals surface area contributed by atoms with Crippen LogP contribution >= 0.6 is 0 Å². The Labute approximate surface area is 174 Å². The lowest BCUT2D eigenvalue weighted by molar-refractivity contribution is -0.148. The number of pyridine rings is 1. The molecule has 0 unspecified atom stereocenters. The van der Waals surface area contributed by atoms with E-state index in [0.717, 1.165) is 5.56 Å². The number of esters is 1. The van der Waals surface area contributed by atoms with E-state index in [1.54, 1.807) is 23.2 Å². The van der Waals surface area contributed by atoms with Gasteiger partial charge in [0.15, 0.2) is 0 Å². The van der Waals surface area contributed by atoms with Crippen molar-refractivity contribution >= 4 is 23.6 Å². The molecule has 0 aliphatic carbocycles. The van der Waals surface area contributed by atoms with Gasteiger partial charge in [-0.2, -0.15) is 0 Å². The first-order valence-corrected chi connectivity index (χ1v) is 9.91. The number of ether oxygens (including phenoxy) is 1. The van der Waals surface area contributed by atoms with Crippen molar-refractivity contribution < 1.29 is 19.1 Å². The zero-order valence-electron chi connectivity index (χ0n) is 16.8. The van der Waals surface area contributed by atoms with Gasteiger partial charge in [-0.25, -0.2) is 9.78 Å². The molecule has 2 fully saturated rings. The summed E-state index contributed by atoms with van der Waals surface area (Å²) in [5, 5.41) is 2.76. The first-order chi connectivity index (χ1) is 14.5. The molecule has 30 heavy (non-hydrogen) atoms. The summed E-state index contributed by atoms with van der Waals surface area (Å²) >= 11 is 0. The highest BCUT2D eigenvalue weighted by Crippen LogP contribution is 2.39. The van der Waals surface area contributed by atoms with Crippen molar-refractivity contribution in [3.8, 4) is 0 Å². The molecule has 8 heteroatoms. The fourth-order valence-electron chi connectivity index (χ4n) is 4.21. The molecule has 1 N–H and O–H groups in total. The van der Waals surface area contributed by atoms with Gasteiger partial charge >= 0.3 is 5.97 Å². The number of carbonyl (C=O) groups is 3. The van der Waals surface area contributed by atoms with Crippen LogP contribution in [0.5, 0.6) is 0 Å². The molecule has 1 aromatic carbocycles. The number of benzene rings is 1. The van der Waals surface area contributed by atoms with Gasteiger partial charge in [-0.1, -0.05) is 30.3 Å². The number of methoxy groups -OCH3 is 1. The van der Waals surface area contributed by atoms with Gasteiger partial charge in [-0.15, -0.1) is 0 Å². The topological polar surface area (TPSA) is 91.8 Å². The van der Waals surface area contributed by atoms with Crippen LogP contribution in [0.15, 0.2) is 48.7 Å². The summed E-state index contributed by atoms with van der Waals surface area (Å²) < 4.78 is 4.87. The summed E-state index contributed by atoms with van der Waals surface area (Å²) in [6.45, 7) is 1.87. The van der Waals surface area contributed by atoms with Gasteiger partial charge in [0.1, 0.15) is 11.4 Å². The first-order valence-electron chi connectivity index (χ1n) is 9.91. The van der Waals surface area contributed by atoms with Gasteiger partial charge in [0, 0.05) is 32.4 Å². The number of nitrogens with zero attached hydrogens (tertiary/aromatic N) is 3. The summed E-state index contributed by atoms with van der Waals surface area (Å²) in [5.41, 5.74) is 0.753. The SMILES string of the molecule is COC(=O)c1cccnc1N1CC(Cc2ccccc2)(C(=O)N2CCNC(=O)C2)C1. The molecule has 0 saturated carbocycles. The summed E-state index contributed by atoms with van der Waals surface area (Å²) in [7, 11) is 1.33. The predicted octanol–water partition coefficient (Wildman–Crippen LogP) is 0.876. The third kappa shape index (κ3) is 3.72. The molecule has 2 aliphatic heterocycles. The highest BCUT2D eigenvalue weighted by Gasteiger charge is 2.52. The molecule has 0 spiro atoms. The second-order valence-electron chi connectivity index (χ2n) is 7.74. The number of nitrogens with one attached hydrogen (secondary N) is 1. The zero-order chi connectivity index (χ0) is 21.1. The summed E-state index contributed by atoms with van der Waals surface area (Å²) in [4.78, 5) is 45.4. The second kappa shape index (κ2) is 8.14. The van der Waals surface area contributed by atoms with Crippen LogP contribution in [0.1, 0.15) is 15.9 Å². The Morgan fingerprint density at radius 1 is 1.17 bits per heavy atom. The fourth-order valence-corrected chi connectivity index (χ4v) is 4.21. The molecule has 3 heterocycles. The average Bonchev–Trinajstić information content (AvgIpc) is 2.75. The van der Waals surface area contributed by atoms with Gasteiger partial charge in [-0.3, -0.25) is 9.59 Å². The van der Waals surface area contributed by atoms with Gasteiger partial charge in [0.05, 0.1) is 19.1 Å². The van der Waals surface area contributed by atoms with E-state index in [1.807, 2.05) is 35.2 Å². The van der Waals surface area contributed by atoms with Crippen LogP contribution in [0.3, 0.4) is 0 Å². The number of amides is 2. The molecule has 1 aromatic heterocycles. The van der Waals surface area contributed by atoms with Crippen molar-refractivity contribution in [2.45, 2.75) is 6.42 Å². The third-order valence-electron chi connectivity index (χ3n) is 5.64. The van der Waals surface area contributed by atoms with E-state index in [2.05, 4.69) is 10.3 Å². The number of hydrogen-bond acceptors (Lipinski definition) is 6. The molecular formula is C22H24N4O4. The van der Waals surface area contributed by atoms with Crippen LogP contribution in [-0.4, -0.2) is 67.5 Å². The highest BCUT2D eigenvalue weighted by molar-refractivity contribution is 5.96. The number of piperazine rings is 1. The van der Waals surface area contributed by atoms with E-state index in [1.165, 1.54) is 7.11 Å². The van der Waals surface area contributed by atoms with Gasteiger partial charge < -0.3 is 19.9 Å². The lowest BCUT2D eigenvalue weighted by atomic mass is 9.73. The number of anilines is 1. The van der Waals surface area contributed by atoms with E-state index < -0.39 is 11.4 Å². The molecule has 0 atom stereocenters. The van der Waals surface area contributed by atoms with Crippen LogP contribution in [0, 0.1) is 5.41 Å². The molecule has 8 nitrogen and oxygen atoms in total. The minimum absolute atomic E-state index is 0.0343. The first kappa shape index (κ1) is 19.9. The van der Waals surface area contributed by atoms with Gasteiger partial charge in [-0.05, 0) is 24.1 Å². The number of hydrogen-bond donors (Lipinski definition) is 1. The smallest absolute Gasteiger partial charge is 0.341 e. The van der Waals surface area contributed by atoms with Gasteiger partial charge in [0.2, 0.25) is 11.8 Å². The average molecular weight is 408 g/mol. The van der Waals surface area contributed by atoms with Crippen molar-refractivity contribution in [1.29, 1.82) is 0 Å². The molecule has 2 saturated heterocycles. The molecule has 2 amide bonds. The van der Waals surface area contributed by atoms with Crippen molar-refractivity contribution in [3.05, 3.63) is 59.8 Å². The molecular weight excluding hydrogens is 384 g/mol. The minimum Gasteiger partial charge on any atom is -0.465 e. The maximum atomic E-state index is 13.5. The highest BCUT2D eigenvalue weighted by atomic mass is 16.5.